The quantitative estimate of drug-likeness (QED) is 0.274. The van der Waals surface area contributed by atoms with Crippen molar-refractivity contribution in [3.63, 3.8) is 0 Å². The summed E-state index contributed by atoms with van der Waals surface area (Å²) in [5.41, 5.74) is 7.28. The van der Waals surface area contributed by atoms with Crippen LogP contribution < -0.4 is 0 Å². The number of benzene rings is 5. The number of hydrogen-bond donors (Lipinski definition) is 0. The molecule has 0 aliphatic rings. The number of nitriles is 1. The largest absolute Gasteiger partial charge is 0.309 e. The van der Waals surface area contributed by atoms with E-state index in [0.29, 0.717) is 5.56 Å². The Hall–Kier alpha value is -4.81. The summed E-state index contributed by atoms with van der Waals surface area (Å²) in [7, 11) is 0. The fourth-order valence-corrected chi connectivity index (χ4v) is 5.33. The molecule has 0 aliphatic carbocycles. The van der Waals surface area contributed by atoms with Crippen molar-refractivity contribution < 1.29 is 0 Å². The van der Waals surface area contributed by atoms with Gasteiger partial charge in [0.05, 0.1) is 27.6 Å². The van der Waals surface area contributed by atoms with Gasteiger partial charge < -0.3 is 9.13 Å². The molecule has 3 heteroatoms. The lowest BCUT2D eigenvalue weighted by atomic mass is 10.1. The molecule has 0 radical (unpaired) electrons. The summed E-state index contributed by atoms with van der Waals surface area (Å²) in [6.07, 6.45) is 0. The van der Waals surface area contributed by atoms with Crippen molar-refractivity contribution in [2.24, 2.45) is 0 Å². The minimum atomic E-state index is 0.681. The number of hydrogen-bond acceptors (Lipinski definition) is 1. The van der Waals surface area contributed by atoms with Gasteiger partial charge in [0, 0.05) is 32.9 Å². The Morgan fingerprint density at radius 1 is 0.471 bits per heavy atom. The minimum Gasteiger partial charge on any atom is -0.309 e. The lowest BCUT2D eigenvalue weighted by Gasteiger charge is -2.10. The van der Waals surface area contributed by atoms with Gasteiger partial charge in [-0.15, -0.1) is 0 Å². The molecule has 0 saturated carbocycles. The summed E-state index contributed by atoms with van der Waals surface area (Å²) in [6.45, 7) is 0. The van der Waals surface area contributed by atoms with Crippen LogP contribution in [0.4, 0.5) is 0 Å². The van der Waals surface area contributed by atoms with Crippen molar-refractivity contribution in [1.29, 1.82) is 5.26 Å². The second-order valence-corrected chi connectivity index (χ2v) is 8.56. The Bertz CT molecular complexity index is 1910. The third kappa shape index (κ3) is 2.51. The molecule has 0 atom stereocenters. The minimum absolute atomic E-state index is 0.681. The Balaban J connectivity index is 1.61. The highest BCUT2D eigenvalue weighted by molar-refractivity contribution is 6.13. The topological polar surface area (TPSA) is 33.6 Å². The third-order valence-corrected chi connectivity index (χ3v) is 6.74. The average molecular weight is 434 g/mol. The van der Waals surface area contributed by atoms with Crippen LogP contribution in [0.25, 0.3) is 55.0 Å². The van der Waals surface area contributed by atoms with Crippen molar-refractivity contribution in [3.8, 4) is 17.4 Å². The molecular formula is C31H19N3. The van der Waals surface area contributed by atoms with Gasteiger partial charge in [-0.3, -0.25) is 0 Å². The van der Waals surface area contributed by atoms with E-state index < -0.39 is 0 Å². The van der Waals surface area contributed by atoms with Gasteiger partial charge in [-0.25, -0.2) is 0 Å². The van der Waals surface area contributed by atoms with Gasteiger partial charge in [0.1, 0.15) is 6.07 Å². The summed E-state index contributed by atoms with van der Waals surface area (Å²) in [6, 6.07) is 42.4. The molecule has 34 heavy (non-hydrogen) atoms. The molecular weight excluding hydrogens is 414 g/mol. The first kappa shape index (κ1) is 18.7. The third-order valence-electron chi connectivity index (χ3n) is 6.74. The second-order valence-electron chi connectivity index (χ2n) is 8.56. The van der Waals surface area contributed by atoms with Crippen LogP contribution in [0.3, 0.4) is 0 Å². The van der Waals surface area contributed by atoms with E-state index in [1.807, 2.05) is 18.2 Å². The highest BCUT2D eigenvalue weighted by atomic mass is 15.0. The normalized spacial score (nSPS) is 11.5. The molecule has 0 amide bonds. The van der Waals surface area contributed by atoms with Gasteiger partial charge in [-0.1, -0.05) is 66.7 Å². The van der Waals surface area contributed by atoms with E-state index in [9.17, 15) is 5.26 Å². The van der Waals surface area contributed by atoms with Crippen LogP contribution >= 0.6 is 0 Å². The first-order valence-corrected chi connectivity index (χ1v) is 11.4. The van der Waals surface area contributed by atoms with Gasteiger partial charge >= 0.3 is 0 Å². The average Bonchev–Trinajstić information content (AvgIpc) is 3.42. The maximum absolute atomic E-state index is 9.91. The van der Waals surface area contributed by atoms with Crippen LogP contribution in [0, 0.1) is 11.3 Å². The smallest absolute Gasteiger partial charge is 0.101 e. The molecule has 0 saturated heterocycles. The van der Waals surface area contributed by atoms with Gasteiger partial charge in [0.2, 0.25) is 0 Å². The predicted molar refractivity (Wildman–Crippen MR) is 140 cm³/mol. The standard InChI is InChI=1S/C31H19N3/c32-20-21-9-8-14-26-24-12-4-7-16-29(24)34(31(21)26)23-17-18-30-27(19-23)25-13-5-6-15-28(25)33(30)22-10-2-1-3-11-22/h1-19H. The molecule has 0 N–H and O–H groups in total. The summed E-state index contributed by atoms with van der Waals surface area (Å²) in [5.74, 6) is 0. The van der Waals surface area contributed by atoms with Crippen LogP contribution in [0.1, 0.15) is 5.56 Å². The van der Waals surface area contributed by atoms with Crippen LogP contribution in [0.5, 0.6) is 0 Å². The number of fused-ring (bicyclic) bond motifs is 6. The van der Waals surface area contributed by atoms with E-state index in [4.69, 9.17) is 0 Å². The molecule has 7 aromatic rings. The van der Waals surface area contributed by atoms with Crippen molar-refractivity contribution in [2.45, 2.75) is 0 Å². The van der Waals surface area contributed by atoms with Gasteiger partial charge in [-0.05, 0) is 48.5 Å². The SMILES string of the molecule is N#Cc1cccc2c3ccccc3n(-c3ccc4c(c3)c3ccccc3n4-c3ccccc3)c12. The summed E-state index contributed by atoms with van der Waals surface area (Å²) in [4.78, 5) is 0. The molecule has 0 bridgehead atoms. The summed E-state index contributed by atoms with van der Waals surface area (Å²) in [5, 5.41) is 14.6. The van der Waals surface area contributed by atoms with Crippen LogP contribution in [-0.2, 0) is 0 Å². The molecule has 0 unspecified atom stereocenters. The van der Waals surface area contributed by atoms with Crippen molar-refractivity contribution in [2.75, 3.05) is 0 Å². The van der Waals surface area contributed by atoms with E-state index in [-0.39, 0.29) is 0 Å². The molecule has 5 aromatic carbocycles. The lowest BCUT2D eigenvalue weighted by molar-refractivity contribution is 1.16. The van der Waals surface area contributed by atoms with E-state index in [1.54, 1.807) is 0 Å². The van der Waals surface area contributed by atoms with E-state index in [2.05, 4.69) is 112 Å². The molecule has 3 nitrogen and oxygen atoms in total. The van der Waals surface area contributed by atoms with Gasteiger partial charge in [-0.2, -0.15) is 5.26 Å². The molecule has 0 spiro atoms. The zero-order valence-corrected chi connectivity index (χ0v) is 18.3. The highest BCUT2D eigenvalue weighted by Gasteiger charge is 2.17. The van der Waals surface area contributed by atoms with Crippen LogP contribution in [0.2, 0.25) is 0 Å². The first-order valence-electron chi connectivity index (χ1n) is 11.4. The number of rotatable bonds is 2. The fraction of sp³-hybridized carbons (Fsp3) is 0. The van der Waals surface area contributed by atoms with Gasteiger partial charge in [0.15, 0.2) is 0 Å². The number of aromatic nitrogens is 2. The zero-order valence-electron chi connectivity index (χ0n) is 18.3. The second kappa shape index (κ2) is 7.10. The lowest BCUT2D eigenvalue weighted by Crippen LogP contribution is -1.96. The van der Waals surface area contributed by atoms with Crippen LogP contribution in [-0.4, -0.2) is 9.13 Å². The Morgan fingerprint density at radius 2 is 1.09 bits per heavy atom. The van der Waals surface area contributed by atoms with Gasteiger partial charge in [0.25, 0.3) is 0 Å². The first-order chi connectivity index (χ1) is 16.8. The maximum atomic E-state index is 9.91. The van der Waals surface area contributed by atoms with Crippen molar-refractivity contribution in [3.05, 3.63) is 121 Å². The Kier molecular flexibility index (Phi) is 3.91. The number of para-hydroxylation sites is 4. The summed E-state index contributed by atoms with van der Waals surface area (Å²) < 4.78 is 4.55. The molecule has 0 fully saturated rings. The molecule has 2 heterocycles. The fourth-order valence-electron chi connectivity index (χ4n) is 5.33. The van der Waals surface area contributed by atoms with E-state index >= 15 is 0 Å². The number of nitrogens with zero attached hydrogens (tertiary/aromatic N) is 3. The Labute approximate surface area is 196 Å². The summed E-state index contributed by atoms with van der Waals surface area (Å²) >= 11 is 0. The molecule has 7 rings (SSSR count). The maximum Gasteiger partial charge on any atom is 0.101 e. The van der Waals surface area contributed by atoms with E-state index in [0.717, 1.165) is 38.7 Å². The van der Waals surface area contributed by atoms with Crippen LogP contribution in [0.15, 0.2) is 115 Å². The van der Waals surface area contributed by atoms with Crippen molar-refractivity contribution >= 4 is 43.6 Å². The molecule has 2 aromatic heterocycles. The Morgan fingerprint density at radius 3 is 1.85 bits per heavy atom. The zero-order chi connectivity index (χ0) is 22.6. The molecule has 0 aliphatic heterocycles. The van der Waals surface area contributed by atoms with Crippen molar-refractivity contribution in [1.82, 2.24) is 9.13 Å². The monoisotopic (exact) mass is 433 g/mol. The predicted octanol–water partition coefficient (Wildman–Crippen LogP) is 7.75. The van der Waals surface area contributed by atoms with E-state index in [1.165, 1.54) is 16.3 Å². The molecule has 158 valence electrons. The highest BCUT2D eigenvalue weighted by Crippen LogP contribution is 2.37.